The number of rotatable bonds is 5. The van der Waals surface area contributed by atoms with Crippen molar-refractivity contribution >= 4 is 21.4 Å². The van der Waals surface area contributed by atoms with E-state index in [0.29, 0.717) is 17.1 Å². The first-order valence-electron chi connectivity index (χ1n) is 5.41. The molecule has 0 aromatic heterocycles. The molecule has 0 saturated carbocycles. The number of hydrogen-bond donors (Lipinski definition) is 1. The van der Waals surface area contributed by atoms with Crippen molar-refractivity contribution in [3.05, 3.63) is 34.3 Å². The normalized spacial score (nSPS) is 13.0. The van der Waals surface area contributed by atoms with Crippen LogP contribution in [0.2, 0.25) is 5.02 Å². The first-order valence-corrected chi connectivity index (χ1v) is 7.85. The van der Waals surface area contributed by atoms with Gasteiger partial charge >= 0.3 is 0 Å². The lowest BCUT2D eigenvalue weighted by atomic mass is 10.1. The molecule has 1 atom stereocenters. The largest absolute Gasteiger partial charge is 0.309 e. The van der Waals surface area contributed by atoms with Crippen LogP contribution in [0.3, 0.4) is 0 Å². The summed E-state index contributed by atoms with van der Waals surface area (Å²) >= 11 is 6.02. The molecule has 0 spiro atoms. The third-order valence-corrected chi connectivity index (χ3v) is 3.83. The Bertz CT molecular complexity index is 564. The van der Waals surface area contributed by atoms with E-state index in [0.717, 1.165) is 5.56 Å². The van der Waals surface area contributed by atoms with Crippen molar-refractivity contribution < 1.29 is 8.42 Å². The summed E-state index contributed by atoms with van der Waals surface area (Å²) in [6.07, 6.45) is 1.21. The molecule has 1 aromatic rings. The summed E-state index contributed by atoms with van der Waals surface area (Å²) in [5.41, 5.74) is 1.35. The maximum Gasteiger partial charge on any atom is 0.148 e. The molecule has 0 aliphatic heterocycles. The Balaban J connectivity index is 2.62. The van der Waals surface area contributed by atoms with E-state index in [-0.39, 0.29) is 11.8 Å². The second kappa shape index (κ2) is 6.19. The minimum atomic E-state index is -2.99. The highest BCUT2D eigenvalue weighted by Gasteiger charge is 2.10. The molecule has 6 heteroatoms. The molecule has 18 heavy (non-hydrogen) atoms. The first-order chi connectivity index (χ1) is 8.31. The number of benzene rings is 1. The van der Waals surface area contributed by atoms with Gasteiger partial charge in [0.25, 0.3) is 0 Å². The van der Waals surface area contributed by atoms with Gasteiger partial charge in [0, 0.05) is 23.9 Å². The maximum atomic E-state index is 11.1. The standard InChI is InChI=1S/C12H15ClN2O2S/c1-9(8-18(2,16)17)15-7-11-4-3-10(6-14)5-12(11)13/h3-5,9,15H,7-8H2,1-2H3. The van der Waals surface area contributed by atoms with Gasteiger partial charge in [-0.3, -0.25) is 0 Å². The van der Waals surface area contributed by atoms with Crippen LogP contribution in [-0.4, -0.2) is 26.5 Å². The van der Waals surface area contributed by atoms with Crippen molar-refractivity contribution in [2.75, 3.05) is 12.0 Å². The molecule has 1 unspecified atom stereocenters. The van der Waals surface area contributed by atoms with Gasteiger partial charge in [-0.2, -0.15) is 5.26 Å². The van der Waals surface area contributed by atoms with Crippen LogP contribution >= 0.6 is 11.6 Å². The molecule has 1 N–H and O–H groups in total. The quantitative estimate of drug-likeness (QED) is 0.895. The number of nitrogens with zero attached hydrogens (tertiary/aromatic N) is 1. The van der Waals surface area contributed by atoms with E-state index < -0.39 is 9.84 Å². The number of sulfone groups is 1. The lowest BCUT2D eigenvalue weighted by molar-refractivity contribution is 0.560. The van der Waals surface area contributed by atoms with E-state index in [2.05, 4.69) is 5.32 Å². The second-order valence-electron chi connectivity index (χ2n) is 4.29. The third-order valence-electron chi connectivity index (χ3n) is 2.38. The van der Waals surface area contributed by atoms with Gasteiger partial charge in [0.2, 0.25) is 0 Å². The summed E-state index contributed by atoms with van der Waals surface area (Å²) in [5.74, 6) is 0.0842. The topological polar surface area (TPSA) is 70.0 Å². The monoisotopic (exact) mass is 286 g/mol. The van der Waals surface area contributed by atoms with Gasteiger partial charge in [-0.25, -0.2) is 8.42 Å². The minimum absolute atomic E-state index is 0.0842. The lowest BCUT2D eigenvalue weighted by Gasteiger charge is -2.13. The van der Waals surface area contributed by atoms with Crippen LogP contribution in [-0.2, 0) is 16.4 Å². The van der Waals surface area contributed by atoms with Gasteiger partial charge in [-0.05, 0) is 24.6 Å². The zero-order valence-corrected chi connectivity index (χ0v) is 11.8. The third kappa shape index (κ3) is 5.05. The Labute approximate surface area is 112 Å². The van der Waals surface area contributed by atoms with Gasteiger partial charge in [0.05, 0.1) is 17.4 Å². The molecule has 0 saturated heterocycles. The molecule has 1 rings (SSSR count). The van der Waals surface area contributed by atoms with E-state index in [1.54, 1.807) is 25.1 Å². The van der Waals surface area contributed by atoms with Crippen LogP contribution in [0.4, 0.5) is 0 Å². The molecular formula is C12H15ClN2O2S. The molecule has 4 nitrogen and oxygen atoms in total. The summed E-state index contributed by atoms with van der Waals surface area (Å²) in [4.78, 5) is 0. The predicted octanol–water partition coefficient (Wildman–Crippen LogP) is 1.73. The number of halogens is 1. The van der Waals surface area contributed by atoms with E-state index in [1.165, 1.54) is 6.26 Å². The fraction of sp³-hybridized carbons (Fsp3) is 0.417. The van der Waals surface area contributed by atoms with Gasteiger partial charge in [0.15, 0.2) is 0 Å². The van der Waals surface area contributed by atoms with Gasteiger partial charge in [-0.15, -0.1) is 0 Å². The Morgan fingerprint density at radius 1 is 1.50 bits per heavy atom. The summed E-state index contributed by atoms with van der Waals surface area (Å²) in [6.45, 7) is 2.28. The highest BCUT2D eigenvalue weighted by molar-refractivity contribution is 7.90. The molecule has 1 aromatic carbocycles. The van der Waals surface area contributed by atoms with Crippen molar-refractivity contribution in [2.24, 2.45) is 0 Å². The molecule has 0 fully saturated rings. The average Bonchev–Trinajstić information content (AvgIpc) is 2.25. The molecule has 98 valence electrons. The summed E-state index contributed by atoms with van der Waals surface area (Å²) < 4.78 is 22.2. The summed E-state index contributed by atoms with van der Waals surface area (Å²) in [5, 5.41) is 12.3. The SMILES string of the molecule is CC(CS(C)(=O)=O)NCc1ccc(C#N)cc1Cl. The van der Waals surface area contributed by atoms with Crippen LogP contribution < -0.4 is 5.32 Å². The fourth-order valence-electron chi connectivity index (χ4n) is 1.56. The van der Waals surface area contributed by atoms with Crippen LogP contribution in [0.1, 0.15) is 18.1 Å². The number of nitriles is 1. The smallest absolute Gasteiger partial charge is 0.148 e. The van der Waals surface area contributed by atoms with Crippen molar-refractivity contribution in [1.29, 1.82) is 5.26 Å². The molecule has 0 amide bonds. The van der Waals surface area contributed by atoms with E-state index in [9.17, 15) is 8.42 Å². The highest BCUT2D eigenvalue weighted by Crippen LogP contribution is 2.17. The van der Waals surface area contributed by atoms with E-state index in [1.807, 2.05) is 6.07 Å². The van der Waals surface area contributed by atoms with Gasteiger partial charge in [-0.1, -0.05) is 17.7 Å². The lowest BCUT2D eigenvalue weighted by Crippen LogP contribution is -2.32. The molecular weight excluding hydrogens is 272 g/mol. The first kappa shape index (κ1) is 15.0. The van der Waals surface area contributed by atoms with Crippen LogP contribution in [0.15, 0.2) is 18.2 Å². The van der Waals surface area contributed by atoms with Crippen molar-refractivity contribution in [1.82, 2.24) is 5.32 Å². The van der Waals surface area contributed by atoms with Gasteiger partial charge < -0.3 is 5.32 Å². The van der Waals surface area contributed by atoms with Crippen molar-refractivity contribution in [3.63, 3.8) is 0 Å². The zero-order valence-electron chi connectivity index (χ0n) is 10.3. The van der Waals surface area contributed by atoms with Gasteiger partial charge in [0.1, 0.15) is 9.84 Å². The molecule has 0 bridgehead atoms. The van der Waals surface area contributed by atoms with Crippen molar-refractivity contribution in [3.8, 4) is 6.07 Å². The molecule has 0 radical (unpaired) electrons. The van der Waals surface area contributed by atoms with E-state index >= 15 is 0 Å². The maximum absolute atomic E-state index is 11.1. The van der Waals surface area contributed by atoms with E-state index in [4.69, 9.17) is 16.9 Å². The Kier molecular flexibility index (Phi) is 5.15. The second-order valence-corrected chi connectivity index (χ2v) is 6.88. The predicted molar refractivity (Wildman–Crippen MR) is 72.2 cm³/mol. The molecule has 0 aliphatic carbocycles. The Morgan fingerprint density at radius 2 is 2.17 bits per heavy atom. The minimum Gasteiger partial charge on any atom is -0.309 e. The molecule has 0 aliphatic rings. The highest BCUT2D eigenvalue weighted by atomic mass is 35.5. The fourth-order valence-corrected chi connectivity index (χ4v) is 2.83. The van der Waals surface area contributed by atoms with Crippen molar-refractivity contribution in [2.45, 2.75) is 19.5 Å². The average molecular weight is 287 g/mol. The summed E-state index contributed by atoms with van der Waals surface area (Å²) in [7, 11) is -2.99. The summed E-state index contributed by atoms with van der Waals surface area (Å²) in [6, 6.07) is 6.91. The van der Waals surface area contributed by atoms with Crippen LogP contribution in [0, 0.1) is 11.3 Å². The Hall–Kier alpha value is -1.09. The van der Waals surface area contributed by atoms with Crippen LogP contribution in [0.5, 0.6) is 0 Å². The van der Waals surface area contributed by atoms with Crippen LogP contribution in [0.25, 0.3) is 0 Å². The molecule has 0 heterocycles. The Morgan fingerprint density at radius 3 is 2.67 bits per heavy atom. The zero-order chi connectivity index (χ0) is 13.8. The number of nitrogens with one attached hydrogen (secondary N) is 1. The number of hydrogen-bond acceptors (Lipinski definition) is 4.